The van der Waals surface area contributed by atoms with E-state index in [9.17, 15) is 4.79 Å². The molecule has 1 atom stereocenters. The van der Waals surface area contributed by atoms with E-state index < -0.39 is 0 Å². The third-order valence-electron chi connectivity index (χ3n) is 4.39. The number of aromatic nitrogens is 5. The monoisotopic (exact) mass is 381 g/mol. The van der Waals surface area contributed by atoms with Gasteiger partial charge in [0.25, 0.3) is 0 Å². The minimum Gasteiger partial charge on any atom is -0.313 e. The Labute approximate surface area is 161 Å². The molecular weight excluding hydrogens is 362 g/mol. The van der Waals surface area contributed by atoms with Crippen LogP contribution in [0, 0.1) is 0 Å². The molecule has 9 heteroatoms. The lowest BCUT2D eigenvalue weighted by atomic mass is 10.1. The molecule has 0 radical (unpaired) electrons. The Balaban J connectivity index is 1.42. The minimum absolute atomic E-state index is 0.152. The molecule has 1 aliphatic heterocycles. The fourth-order valence-electron chi connectivity index (χ4n) is 2.90. The number of aryl methyl sites for hydroxylation is 1. The number of urea groups is 1. The van der Waals surface area contributed by atoms with Gasteiger partial charge in [0.1, 0.15) is 6.33 Å². The maximum Gasteiger partial charge on any atom is 0.322 e. The van der Waals surface area contributed by atoms with Gasteiger partial charge in [0, 0.05) is 30.4 Å². The van der Waals surface area contributed by atoms with E-state index in [1.54, 1.807) is 35.4 Å². The van der Waals surface area contributed by atoms with Crippen molar-refractivity contribution in [1.29, 1.82) is 0 Å². The van der Waals surface area contributed by atoms with Crippen LogP contribution in [-0.4, -0.2) is 35.7 Å². The van der Waals surface area contributed by atoms with E-state index in [0.717, 1.165) is 27.8 Å². The van der Waals surface area contributed by atoms with E-state index in [-0.39, 0.29) is 11.3 Å². The van der Waals surface area contributed by atoms with Crippen LogP contribution in [0.5, 0.6) is 0 Å². The van der Waals surface area contributed by atoms with Crippen molar-refractivity contribution in [3.63, 3.8) is 0 Å². The Hall–Kier alpha value is -2.94. The quantitative estimate of drug-likeness (QED) is 0.699. The van der Waals surface area contributed by atoms with Crippen LogP contribution in [-0.2, 0) is 20.1 Å². The molecule has 1 aliphatic rings. The molecule has 27 heavy (non-hydrogen) atoms. The Morgan fingerprint density at radius 2 is 1.96 bits per heavy atom. The number of hydrogen-bond acceptors (Lipinski definition) is 6. The highest BCUT2D eigenvalue weighted by atomic mass is 32.2. The second kappa shape index (κ2) is 7.36. The molecule has 3 heterocycles. The van der Waals surface area contributed by atoms with Crippen LogP contribution in [0.4, 0.5) is 10.5 Å². The van der Waals surface area contributed by atoms with Crippen molar-refractivity contribution in [3.8, 4) is 0 Å². The Bertz CT molecular complexity index is 949. The average Bonchev–Trinajstić information content (AvgIpc) is 3.28. The molecule has 0 aliphatic carbocycles. The van der Waals surface area contributed by atoms with Crippen molar-refractivity contribution < 1.29 is 4.79 Å². The van der Waals surface area contributed by atoms with E-state index in [0.29, 0.717) is 13.1 Å². The molecule has 4 rings (SSSR count). The second-order valence-electron chi connectivity index (χ2n) is 6.35. The first-order chi connectivity index (χ1) is 13.1. The SMILES string of the molecule is C[C@H](Sc1nncn1C)c1cccc(NC(=O)N2Cc3nccnc3C2)c1. The van der Waals surface area contributed by atoms with Crippen molar-refractivity contribution in [2.75, 3.05) is 5.32 Å². The van der Waals surface area contributed by atoms with E-state index >= 15 is 0 Å². The summed E-state index contributed by atoms with van der Waals surface area (Å²) in [5.41, 5.74) is 3.58. The number of fused-ring (bicyclic) bond motifs is 1. The summed E-state index contributed by atoms with van der Waals surface area (Å²) in [5.74, 6) is 0. The molecule has 0 fully saturated rings. The summed E-state index contributed by atoms with van der Waals surface area (Å²) in [7, 11) is 1.92. The Kier molecular flexibility index (Phi) is 4.76. The van der Waals surface area contributed by atoms with E-state index in [1.807, 2.05) is 35.9 Å². The number of nitrogens with zero attached hydrogens (tertiary/aromatic N) is 6. The van der Waals surface area contributed by atoms with Crippen LogP contribution in [0.1, 0.15) is 29.1 Å². The minimum atomic E-state index is -0.152. The lowest BCUT2D eigenvalue weighted by Gasteiger charge is -2.17. The van der Waals surface area contributed by atoms with E-state index in [2.05, 4.69) is 32.4 Å². The number of nitrogens with one attached hydrogen (secondary N) is 1. The summed E-state index contributed by atoms with van der Waals surface area (Å²) in [4.78, 5) is 22.9. The molecule has 0 saturated heterocycles. The fraction of sp³-hybridized carbons (Fsp3) is 0.278. The molecule has 0 saturated carbocycles. The summed E-state index contributed by atoms with van der Waals surface area (Å²) in [6, 6.07) is 7.72. The predicted molar refractivity (Wildman–Crippen MR) is 102 cm³/mol. The molecule has 0 spiro atoms. The van der Waals surface area contributed by atoms with Gasteiger partial charge in [-0.1, -0.05) is 23.9 Å². The van der Waals surface area contributed by atoms with Gasteiger partial charge in [-0.2, -0.15) is 0 Å². The number of anilines is 1. The first-order valence-electron chi connectivity index (χ1n) is 8.55. The first kappa shape index (κ1) is 17.5. The number of rotatable bonds is 4. The topological polar surface area (TPSA) is 88.8 Å². The van der Waals surface area contributed by atoms with Gasteiger partial charge in [0.2, 0.25) is 0 Å². The van der Waals surface area contributed by atoms with Crippen molar-refractivity contribution >= 4 is 23.5 Å². The van der Waals surface area contributed by atoms with E-state index in [4.69, 9.17) is 0 Å². The summed E-state index contributed by atoms with van der Waals surface area (Å²) in [6.07, 6.45) is 4.99. The molecule has 1 N–H and O–H groups in total. The van der Waals surface area contributed by atoms with Gasteiger partial charge >= 0.3 is 6.03 Å². The largest absolute Gasteiger partial charge is 0.322 e. The average molecular weight is 381 g/mol. The van der Waals surface area contributed by atoms with Crippen molar-refractivity contribution in [3.05, 3.63) is 59.9 Å². The molecule has 3 aromatic rings. The molecule has 0 unspecified atom stereocenters. The Morgan fingerprint density at radius 1 is 1.22 bits per heavy atom. The summed E-state index contributed by atoms with van der Waals surface area (Å²) < 4.78 is 1.89. The maximum absolute atomic E-state index is 12.6. The second-order valence-corrected chi connectivity index (χ2v) is 7.65. The van der Waals surface area contributed by atoms with Crippen LogP contribution in [0.3, 0.4) is 0 Å². The third kappa shape index (κ3) is 3.77. The normalized spacial score (nSPS) is 14.1. The standard InChI is InChI=1S/C18H19N7OS/c1-12(27-18-23-21-11-24(18)2)13-4-3-5-14(8-13)22-17(26)25-9-15-16(10-25)20-7-6-19-15/h3-8,11-12H,9-10H2,1-2H3,(H,22,26)/t12-/m0/s1. The number of carbonyl (C=O) groups is 1. The lowest BCUT2D eigenvalue weighted by Crippen LogP contribution is -2.30. The Morgan fingerprint density at radius 3 is 2.63 bits per heavy atom. The highest BCUT2D eigenvalue weighted by Crippen LogP contribution is 2.34. The lowest BCUT2D eigenvalue weighted by molar-refractivity contribution is 0.212. The van der Waals surface area contributed by atoms with Crippen LogP contribution < -0.4 is 5.32 Å². The van der Waals surface area contributed by atoms with Gasteiger partial charge in [-0.3, -0.25) is 9.97 Å². The predicted octanol–water partition coefficient (Wildman–Crippen LogP) is 3.01. The van der Waals surface area contributed by atoms with Crippen LogP contribution >= 0.6 is 11.8 Å². The van der Waals surface area contributed by atoms with Gasteiger partial charge in [0.15, 0.2) is 5.16 Å². The van der Waals surface area contributed by atoms with Gasteiger partial charge in [-0.15, -0.1) is 10.2 Å². The molecule has 2 amide bonds. The first-order valence-corrected chi connectivity index (χ1v) is 9.43. The van der Waals surface area contributed by atoms with Gasteiger partial charge < -0.3 is 14.8 Å². The van der Waals surface area contributed by atoms with Crippen molar-refractivity contribution in [2.45, 2.75) is 30.4 Å². The zero-order valence-corrected chi connectivity index (χ0v) is 15.8. The molecule has 1 aromatic carbocycles. The van der Waals surface area contributed by atoms with Gasteiger partial charge in [-0.05, 0) is 24.6 Å². The molecule has 8 nitrogen and oxygen atoms in total. The number of hydrogen-bond donors (Lipinski definition) is 1. The van der Waals surface area contributed by atoms with Crippen molar-refractivity contribution in [1.82, 2.24) is 29.6 Å². The summed E-state index contributed by atoms with van der Waals surface area (Å²) in [5, 5.41) is 12.0. The summed E-state index contributed by atoms with van der Waals surface area (Å²) in [6.45, 7) is 3.06. The third-order valence-corrected chi connectivity index (χ3v) is 5.59. The number of amides is 2. The number of carbonyl (C=O) groups excluding carboxylic acids is 1. The zero-order chi connectivity index (χ0) is 18.8. The van der Waals surface area contributed by atoms with Gasteiger partial charge in [-0.25, -0.2) is 4.79 Å². The maximum atomic E-state index is 12.6. The number of thioether (sulfide) groups is 1. The molecule has 0 bridgehead atoms. The number of benzene rings is 1. The van der Waals surface area contributed by atoms with Crippen LogP contribution in [0.2, 0.25) is 0 Å². The van der Waals surface area contributed by atoms with Crippen LogP contribution in [0.25, 0.3) is 0 Å². The highest BCUT2D eigenvalue weighted by molar-refractivity contribution is 7.99. The molecule has 138 valence electrons. The summed E-state index contributed by atoms with van der Waals surface area (Å²) >= 11 is 1.62. The van der Waals surface area contributed by atoms with Crippen LogP contribution in [0.15, 0.2) is 48.1 Å². The van der Waals surface area contributed by atoms with Crippen molar-refractivity contribution in [2.24, 2.45) is 7.05 Å². The smallest absolute Gasteiger partial charge is 0.313 e. The van der Waals surface area contributed by atoms with E-state index in [1.165, 1.54) is 0 Å². The van der Waals surface area contributed by atoms with Gasteiger partial charge in [0.05, 0.1) is 24.5 Å². The molecular formula is C18H19N7OS. The fourth-order valence-corrected chi connectivity index (χ4v) is 3.80. The molecule has 2 aromatic heterocycles. The zero-order valence-electron chi connectivity index (χ0n) is 15.0. The highest BCUT2D eigenvalue weighted by Gasteiger charge is 2.25.